The van der Waals surface area contributed by atoms with E-state index in [1.54, 1.807) is 0 Å². The molecule has 132 valence electrons. The Hall–Kier alpha value is -2.97. The van der Waals surface area contributed by atoms with E-state index < -0.39 is 23.6 Å². The van der Waals surface area contributed by atoms with Gasteiger partial charge in [-0.05, 0) is 31.0 Å². The van der Waals surface area contributed by atoms with Gasteiger partial charge < -0.3 is 15.4 Å². The molecule has 2 aromatic rings. The van der Waals surface area contributed by atoms with Gasteiger partial charge in [0.1, 0.15) is 24.2 Å². The summed E-state index contributed by atoms with van der Waals surface area (Å²) in [6.07, 6.45) is 1.36. The molecule has 1 aliphatic rings. The van der Waals surface area contributed by atoms with Gasteiger partial charge in [-0.1, -0.05) is 0 Å². The highest BCUT2D eigenvalue weighted by Gasteiger charge is 2.24. The van der Waals surface area contributed by atoms with Crippen molar-refractivity contribution in [3.63, 3.8) is 0 Å². The summed E-state index contributed by atoms with van der Waals surface area (Å²) in [5.74, 6) is -2.33. The highest BCUT2D eigenvalue weighted by molar-refractivity contribution is 5.96. The van der Waals surface area contributed by atoms with Gasteiger partial charge in [0.2, 0.25) is 5.91 Å². The number of amides is 2. The molecule has 1 aliphatic heterocycles. The number of nitrogens with one attached hydrogen (secondary N) is 3. The maximum absolute atomic E-state index is 13.5. The fourth-order valence-corrected chi connectivity index (χ4v) is 2.44. The SMILES string of the molecule is O=C(N[C@@H]1CCCNC1=O)c1cc(COc2ccc(F)cc2F)[nH]n1. The second kappa shape index (κ2) is 7.29. The second-order valence-electron chi connectivity index (χ2n) is 5.60. The lowest BCUT2D eigenvalue weighted by atomic mass is 10.1. The van der Waals surface area contributed by atoms with E-state index in [0.29, 0.717) is 18.7 Å². The summed E-state index contributed by atoms with van der Waals surface area (Å²) in [7, 11) is 0. The van der Waals surface area contributed by atoms with Crippen LogP contribution >= 0.6 is 0 Å². The number of aromatic amines is 1. The number of piperidine rings is 1. The summed E-state index contributed by atoms with van der Waals surface area (Å²) in [6.45, 7) is 0.530. The molecule has 0 aliphatic carbocycles. The molecule has 1 atom stereocenters. The van der Waals surface area contributed by atoms with Gasteiger partial charge >= 0.3 is 0 Å². The van der Waals surface area contributed by atoms with Gasteiger partial charge in [0.25, 0.3) is 5.91 Å². The molecule has 0 bridgehead atoms. The molecule has 2 amide bonds. The molecule has 25 heavy (non-hydrogen) atoms. The number of nitrogens with zero attached hydrogens (tertiary/aromatic N) is 1. The summed E-state index contributed by atoms with van der Waals surface area (Å²) in [5, 5.41) is 11.7. The van der Waals surface area contributed by atoms with Crippen LogP contribution in [0, 0.1) is 11.6 Å². The van der Waals surface area contributed by atoms with Crippen LogP contribution in [0.3, 0.4) is 0 Å². The zero-order valence-electron chi connectivity index (χ0n) is 13.1. The van der Waals surface area contributed by atoms with E-state index in [1.807, 2.05) is 0 Å². The van der Waals surface area contributed by atoms with Gasteiger partial charge in [-0.3, -0.25) is 14.7 Å². The van der Waals surface area contributed by atoms with E-state index in [-0.39, 0.29) is 24.0 Å². The number of benzene rings is 1. The Balaban J connectivity index is 1.58. The zero-order valence-corrected chi connectivity index (χ0v) is 13.1. The molecule has 0 spiro atoms. The molecule has 1 aromatic carbocycles. The molecule has 1 saturated heterocycles. The average molecular weight is 350 g/mol. The molecule has 0 radical (unpaired) electrons. The zero-order chi connectivity index (χ0) is 17.8. The maximum Gasteiger partial charge on any atom is 0.272 e. The van der Waals surface area contributed by atoms with Gasteiger partial charge in [0.15, 0.2) is 11.6 Å². The molecule has 9 heteroatoms. The lowest BCUT2D eigenvalue weighted by Gasteiger charge is -2.22. The summed E-state index contributed by atoms with van der Waals surface area (Å²) in [4.78, 5) is 23.8. The lowest BCUT2D eigenvalue weighted by molar-refractivity contribution is -0.124. The maximum atomic E-state index is 13.5. The fraction of sp³-hybridized carbons (Fsp3) is 0.312. The lowest BCUT2D eigenvalue weighted by Crippen LogP contribution is -2.50. The first-order valence-electron chi connectivity index (χ1n) is 7.73. The Kier molecular flexibility index (Phi) is 4.92. The van der Waals surface area contributed by atoms with Crippen molar-refractivity contribution in [2.45, 2.75) is 25.5 Å². The molecule has 2 heterocycles. The van der Waals surface area contributed by atoms with Crippen molar-refractivity contribution in [1.29, 1.82) is 0 Å². The van der Waals surface area contributed by atoms with E-state index in [2.05, 4.69) is 20.8 Å². The van der Waals surface area contributed by atoms with Crippen LogP contribution in [0.2, 0.25) is 0 Å². The normalized spacial score (nSPS) is 17.0. The predicted octanol–water partition coefficient (Wildman–Crippen LogP) is 1.28. The van der Waals surface area contributed by atoms with Crippen LogP contribution in [0.5, 0.6) is 5.75 Å². The smallest absolute Gasteiger partial charge is 0.272 e. The number of H-pyrrole nitrogens is 1. The fourth-order valence-electron chi connectivity index (χ4n) is 2.44. The van der Waals surface area contributed by atoms with Gasteiger partial charge in [-0.2, -0.15) is 5.10 Å². The molecule has 3 rings (SSSR count). The first-order valence-corrected chi connectivity index (χ1v) is 7.73. The van der Waals surface area contributed by atoms with Gasteiger partial charge in [-0.25, -0.2) is 8.78 Å². The van der Waals surface area contributed by atoms with Crippen LogP contribution in [0.4, 0.5) is 8.78 Å². The molecule has 7 nitrogen and oxygen atoms in total. The summed E-state index contributed by atoms with van der Waals surface area (Å²) in [6, 6.07) is 3.84. The van der Waals surface area contributed by atoms with Crippen LogP contribution in [-0.4, -0.2) is 34.6 Å². The predicted molar refractivity (Wildman–Crippen MR) is 82.8 cm³/mol. The number of carbonyl (C=O) groups is 2. The first-order chi connectivity index (χ1) is 12.0. The monoisotopic (exact) mass is 350 g/mol. The van der Waals surface area contributed by atoms with E-state index in [0.717, 1.165) is 18.6 Å². The number of ether oxygens (including phenoxy) is 1. The van der Waals surface area contributed by atoms with Crippen molar-refractivity contribution >= 4 is 11.8 Å². The second-order valence-corrected chi connectivity index (χ2v) is 5.60. The van der Waals surface area contributed by atoms with Crippen molar-refractivity contribution in [1.82, 2.24) is 20.8 Å². The minimum absolute atomic E-state index is 0.0766. The number of carbonyl (C=O) groups excluding carboxylic acids is 2. The molecule has 1 fully saturated rings. The minimum atomic E-state index is -0.819. The number of halogens is 2. The largest absolute Gasteiger partial charge is 0.484 e. The van der Waals surface area contributed by atoms with Crippen molar-refractivity contribution in [3.05, 3.63) is 47.3 Å². The van der Waals surface area contributed by atoms with Gasteiger partial charge in [0.05, 0.1) is 5.69 Å². The van der Waals surface area contributed by atoms with E-state index in [9.17, 15) is 18.4 Å². The quantitative estimate of drug-likeness (QED) is 0.757. The summed E-state index contributed by atoms with van der Waals surface area (Å²) in [5.41, 5.74) is 0.526. The standard InChI is InChI=1S/C16H16F2N4O3/c17-9-3-4-14(11(18)6-9)25-8-10-7-13(22-21-10)16(24)20-12-2-1-5-19-15(12)23/h3-4,6-7,12H,1-2,5,8H2,(H,19,23)(H,20,24)(H,21,22)/t12-/m1/s1. The first kappa shape index (κ1) is 16.9. The molecular formula is C16H16F2N4O3. The molecule has 0 saturated carbocycles. The highest BCUT2D eigenvalue weighted by Crippen LogP contribution is 2.18. The molecule has 0 unspecified atom stereocenters. The summed E-state index contributed by atoms with van der Waals surface area (Å²) >= 11 is 0. The Morgan fingerprint density at radius 2 is 2.20 bits per heavy atom. The van der Waals surface area contributed by atoms with Gasteiger partial charge in [0, 0.05) is 12.6 Å². The third kappa shape index (κ3) is 4.11. The third-order valence-corrected chi connectivity index (χ3v) is 3.73. The Morgan fingerprint density at radius 1 is 1.36 bits per heavy atom. The van der Waals surface area contributed by atoms with Crippen molar-refractivity contribution in [2.75, 3.05) is 6.54 Å². The van der Waals surface area contributed by atoms with Crippen LogP contribution in [0.15, 0.2) is 24.3 Å². The van der Waals surface area contributed by atoms with Gasteiger partial charge in [-0.15, -0.1) is 0 Å². The topological polar surface area (TPSA) is 96.1 Å². The number of aromatic nitrogens is 2. The molecular weight excluding hydrogens is 334 g/mol. The van der Waals surface area contributed by atoms with E-state index >= 15 is 0 Å². The highest BCUT2D eigenvalue weighted by atomic mass is 19.1. The molecule has 1 aromatic heterocycles. The van der Waals surface area contributed by atoms with Crippen LogP contribution in [-0.2, 0) is 11.4 Å². The van der Waals surface area contributed by atoms with E-state index in [1.165, 1.54) is 12.1 Å². The Bertz CT molecular complexity index is 793. The summed E-state index contributed by atoms with van der Waals surface area (Å²) < 4.78 is 31.6. The van der Waals surface area contributed by atoms with Crippen molar-refractivity contribution < 1.29 is 23.1 Å². The average Bonchev–Trinajstić information content (AvgIpc) is 3.05. The van der Waals surface area contributed by atoms with Crippen molar-refractivity contribution in [2.24, 2.45) is 0 Å². The van der Waals surface area contributed by atoms with Crippen LogP contribution in [0.1, 0.15) is 29.0 Å². The Morgan fingerprint density at radius 3 is 2.96 bits per heavy atom. The molecule has 3 N–H and O–H groups in total. The number of hydrogen-bond acceptors (Lipinski definition) is 4. The number of rotatable bonds is 5. The van der Waals surface area contributed by atoms with Crippen LogP contribution < -0.4 is 15.4 Å². The third-order valence-electron chi connectivity index (χ3n) is 3.73. The number of hydrogen-bond donors (Lipinski definition) is 3. The van der Waals surface area contributed by atoms with Crippen molar-refractivity contribution in [3.8, 4) is 5.75 Å². The van der Waals surface area contributed by atoms with E-state index in [4.69, 9.17) is 4.74 Å². The minimum Gasteiger partial charge on any atom is -0.484 e. The van der Waals surface area contributed by atoms with Crippen LogP contribution in [0.25, 0.3) is 0 Å². The Labute approximate surface area is 141 Å².